The molecule has 0 amide bonds. The molecule has 0 saturated carbocycles. The van der Waals surface area contributed by atoms with Gasteiger partial charge in [-0.15, -0.1) is 0 Å². The molecule has 98 valence electrons. The molecule has 0 atom stereocenters. The second kappa shape index (κ2) is 5.55. The van der Waals surface area contributed by atoms with Crippen LogP contribution >= 0.6 is 11.6 Å². The fourth-order valence-electron chi connectivity index (χ4n) is 1.30. The maximum Gasteiger partial charge on any atom is 0.223 e. The van der Waals surface area contributed by atoms with Gasteiger partial charge in [-0.2, -0.15) is 0 Å². The van der Waals surface area contributed by atoms with Crippen molar-refractivity contribution < 1.29 is 5.32 Å². The molecule has 0 unspecified atom stereocenters. The molecule has 18 heavy (non-hydrogen) atoms. The normalized spacial score (nSPS) is 12.6. The quantitative estimate of drug-likeness (QED) is 0.430. The van der Waals surface area contributed by atoms with Gasteiger partial charge < -0.3 is 5.73 Å². The summed E-state index contributed by atoms with van der Waals surface area (Å²) in [7, 11) is 0. The molecule has 1 aromatic carbocycles. The van der Waals surface area contributed by atoms with Gasteiger partial charge in [0.1, 0.15) is 5.69 Å². The molecule has 0 aliphatic heterocycles. The van der Waals surface area contributed by atoms with Crippen molar-refractivity contribution in [3.8, 4) is 0 Å². The van der Waals surface area contributed by atoms with Crippen LogP contribution in [0.2, 0.25) is 5.02 Å². The Morgan fingerprint density at radius 1 is 1.39 bits per heavy atom. The van der Waals surface area contributed by atoms with Crippen molar-refractivity contribution in [3.63, 3.8) is 0 Å². The van der Waals surface area contributed by atoms with Crippen molar-refractivity contribution in [1.82, 2.24) is 0 Å². The van der Waals surface area contributed by atoms with E-state index in [1.807, 2.05) is 45.9 Å². The maximum atomic E-state index is 7.91. The van der Waals surface area contributed by atoms with Gasteiger partial charge in [0.15, 0.2) is 0 Å². The molecule has 0 saturated heterocycles. The van der Waals surface area contributed by atoms with Gasteiger partial charge in [-0.1, -0.05) is 38.4 Å². The van der Waals surface area contributed by atoms with Crippen LogP contribution in [-0.2, 0) is 0 Å². The Labute approximate surface area is 114 Å². The molecule has 0 fully saturated rings. The minimum absolute atomic E-state index is 0.120. The minimum Gasteiger partial charge on any atom is -0.401 e. The molecule has 4 heteroatoms. The third-order valence-electron chi connectivity index (χ3n) is 2.70. The Balaban J connectivity index is 2.80. The van der Waals surface area contributed by atoms with Gasteiger partial charge in [-0.3, -0.25) is 10.7 Å². The number of nitrogens with one attached hydrogen (secondary N) is 1. The number of benzene rings is 1. The Bertz CT molecular complexity index is 484. The van der Waals surface area contributed by atoms with Gasteiger partial charge in [0.2, 0.25) is 5.84 Å². The highest BCUT2D eigenvalue weighted by Gasteiger charge is 2.15. The summed E-state index contributed by atoms with van der Waals surface area (Å²) in [4.78, 5) is 0. The number of aryl methyl sites for hydroxylation is 1. The lowest BCUT2D eigenvalue weighted by Crippen LogP contribution is -2.81. The zero-order valence-corrected chi connectivity index (χ0v) is 12.1. The predicted molar refractivity (Wildman–Crippen MR) is 77.2 cm³/mol. The van der Waals surface area contributed by atoms with E-state index in [0.717, 1.165) is 11.3 Å². The largest absolute Gasteiger partial charge is 0.401 e. The number of nitrogens with two attached hydrogens (primary N) is 2. The number of amidine groups is 1. The summed E-state index contributed by atoms with van der Waals surface area (Å²) in [6.07, 6.45) is 1.69. The topological polar surface area (TPSA) is 66.5 Å². The number of hydrogen-bond donors (Lipinski definition) is 3. The van der Waals surface area contributed by atoms with Crippen LogP contribution in [-0.4, -0.2) is 5.84 Å². The van der Waals surface area contributed by atoms with Crippen LogP contribution in [0.25, 0.3) is 0 Å². The highest BCUT2D eigenvalue weighted by Crippen LogP contribution is 2.20. The average molecular weight is 267 g/mol. The summed E-state index contributed by atoms with van der Waals surface area (Å²) in [6.45, 7) is 8.02. The third kappa shape index (κ3) is 4.17. The van der Waals surface area contributed by atoms with Gasteiger partial charge in [0, 0.05) is 28.3 Å². The summed E-state index contributed by atoms with van der Waals surface area (Å²) in [5, 5.41) is 10.4. The van der Waals surface area contributed by atoms with E-state index < -0.39 is 0 Å². The van der Waals surface area contributed by atoms with Gasteiger partial charge in [-0.25, -0.2) is 0 Å². The molecule has 0 aromatic heterocycles. The van der Waals surface area contributed by atoms with E-state index in [-0.39, 0.29) is 5.41 Å². The number of rotatable bonds is 2. The first-order valence-corrected chi connectivity index (χ1v) is 6.25. The minimum atomic E-state index is -0.120. The van der Waals surface area contributed by atoms with Crippen LogP contribution in [0.1, 0.15) is 26.3 Å². The first-order chi connectivity index (χ1) is 8.20. The van der Waals surface area contributed by atoms with Crippen molar-refractivity contribution >= 4 is 23.1 Å². The molecule has 0 bridgehead atoms. The summed E-state index contributed by atoms with van der Waals surface area (Å²) < 4.78 is 0. The van der Waals surface area contributed by atoms with Crippen LogP contribution in [0.4, 0.5) is 5.69 Å². The number of allylic oxidation sites excluding steroid dienone is 1. The summed E-state index contributed by atoms with van der Waals surface area (Å²) in [5.74, 6) is 0.377. The standard InChI is InChI=1S/C14H20ClN3/c1-9-5-6-10(7-11(9)15)18-13(17)8-12(16)14(2,3)4/h5-8H,16H2,1-4H3,(H2,17,18)/p+1/b12-8-. The van der Waals surface area contributed by atoms with Crippen molar-refractivity contribution in [2.24, 2.45) is 11.1 Å². The zero-order valence-electron chi connectivity index (χ0n) is 11.3. The van der Waals surface area contributed by atoms with Crippen molar-refractivity contribution in [1.29, 1.82) is 5.41 Å². The second-order valence-corrected chi connectivity index (χ2v) is 5.87. The fraction of sp³-hybridized carbons (Fsp3) is 0.357. The summed E-state index contributed by atoms with van der Waals surface area (Å²) >= 11 is 6.05. The lowest BCUT2D eigenvalue weighted by Gasteiger charge is -2.18. The third-order valence-corrected chi connectivity index (χ3v) is 3.10. The fourth-order valence-corrected chi connectivity index (χ4v) is 1.49. The maximum absolute atomic E-state index is 7.91. The molecule has 0 aliphatic rings. The molecule has 3 nitrogen and oxygen atoms in total. The average Bonchev–Trinajstić information content (AvgIpc) is 2.22. The monoisotopic (exact) mass is 266 g/mol. The zero-order chi connectivity index (χ0) is 13.9. The Hall–Kier alpha value is -1.32. The van der Waals surface area contributed by atoms with Crippen molar-refractivity contribution in [3.05, 3.63) is 40.6 Å². The molecule has 1 rings (SSSR count). The van der Waals surface area contributed by atoms with Crippen LogP contribution in [0.15, 0.2) is 30.0 Å². The molecule has 0 radical (unpaired) electrons. The molecule has 1 aromatic rings. The first kappa shape index (κ1) is 14.7. The Morgan fingerprint density at radius 2 is 2.00 bits per heavy atom. The highest BCUT2D eigenvalue weighted by atomic mass is 35.5. The van der Waals surface area contributed by atoms with E-state index >= 15 is 0 Å². The van der Waals surface area contributed by atoms with E-state index in [1.54, 1.807) is 11.4 Å². The Kier molecular flexibility index (Phi) is 4.54. The number of hydrogen-bond acceptors (Lipinski definition) is 2. The van der Waals surface area contributed by atoms with Crippen molar-refractivity contribution in [2.75, 3.05) is 0 Å². The van der Waals surface area contributed by atoms with Crippen LogP contribution < -0.4 is 11.1 Å². The first-order valence-electron chi connectivity index (χ1n) is 5.87. The molecular formula is C14H21ClN3+. The predicted octanol–water partition coefficient (Wildman–Crippen LogP) is 2.71. The molecule has 0 spiro atoms. The van der Waals surface area contributed by atoms with Gasteiger partial charge in [-0.05, 0) is 18.6 Å². The summed E-state index contributed by atoms with van der Waals surface area (Å²) in [5.41, 5.74) is 8.45. The van der Waals surface area contributed by atoms with E-state index in [0.29, 0.717) is 16.6 Å². The molecule has 5 N–H and O–H groups in total. The SMILES string of the molecule is Cc1ccc([NH2+]C(=N)/C=C(\N)C(C)(C)C)cc1Cl. The van der Waals surface area contributed by atoms with Gasteiger partial charge in [0.25, 0.3) is 0 Å². The van der Waals surface area contributed by atoms with Crippen LogP contribution in [0, 0.1) is 17.7 Å². The molecular weight excluding hydrogens is 246 g/mol. The van der Waals surface area contributed by atoms with E-state index in [2.05, 4.69) is 0 Å². The lowest BCUT2D eigenvalue weighted by molar-refractivity contribution is -0.443. The van der Waals surface area contributed by atoms with Gasteiger partial charge >= 0.3 is 0 Å². The van der Waals surface area contributed by atoms with Crippen molar-refractivity contribution in [2.45, 2.75) is 27.7 Å². The highest BCUT2D eigenvalue weighted by molar-refractivity contribution is 6.31. The van der Waals surface area contributed by atoms with E-state index in [9.17, 15) is 0 Å². The van der Waals surface area contributed by atoms with E-state index in [4.69, 9.17) is 22.7 Å². The smallest absolute Gasteiger partial charge is 0.223 e. The Morgan fingerprint density at radius 3 is 2.50 bits per heavy atom. The van der Waals surface area contributed by atoms with Crippen LogP contribution in [0.3, 0.4) is 0 Å². The van der Waals surface area contributed by atoms with Crippen LogP contribution in [0.5, 0.6) is 0 Å². The lowest BCUT2D eigenvalue weighted by atomic mass is 9.92. The number of quaternary nitrogens is 1. The summed E-state index contributed by atoms with van der Waals surface area (Å²) in [6, 6.07) is 5.74. The molecule has 0 heterocycles. The second-order valence-electron chi connectivity index (χ2n) is 5.46. The molecule has 0 aliphatic carbocycles. The number of halogens is 1. The van der Waals surface area contributed by atoms with E-state index in [1.165, 1.54) is 0 Å². The van der Waals surface area contributed by atoms with Gasteiger partial charge in [0.05, 0.1) is 0 Å².